The van der Waals surface area contributed by atoms with Crippen LogP contribution >= 0.6 is 11.6 Å². The van der Waals surface area contributed by atoms with Gasteiger partial charge in [0.1, 0.15) is 5.50 Å². The lowest BCUT2D eigenvalue weighted by atomic mass is 10.3. The van der Waals surface area contributed by atoms with Crippen LogP contribution in [0.2, 0.25) is 0 Å². The summed E-state index contributed by atoms with van der Waals surface area (Å²) in [6.07, 6.45) is 0.146. The van der Waals surface area contributed by atoms with E-state index in [0.29, 0.717) is 0 Å². The number of imide groups is 1. The predicted octanol–water partition coefficient (Wildman–Crippen LogP) is -0.219. The number of amides is 3. The van der Waals surface area contributed by atoms with Crippen molar-refractivity contribution in [3.05, 3.63) is 0 Å². The summed E-state index contributed by atoms with van der Waals surface area (Å²) in [5, 5.41) is 4.34. The Morgan fingerprint density at radius 1 is 1.56 bits per heavy atom. The number of carbonyl (C=O) groups is 2. The molecule has 3 amide bonds. The normalized spacial score (nSPS) is 27.0. The number of rotatable bonds is 0. The van der Waals surface area contributed by atoms with Gasteiger partial charge in [-0.15, -0.1) is 0 Å². The smallest absolute Gasteiger partial charge is 0.321 e. The van der Waals surface area contributed by atoms with E-state index in [4.69, 9.17) is 11.6 Å². The quantitative estimate of drug-likeness (QED) is 0.369. The molecule has 0 saturated carbocycles. The molecule has 1 aliphatic heterocycles. The van der Waals surface area contributed by atoms with Gasteiger partial charge in [-0.2, -0.15) is 0 Å². The number of alkyl halides is 1. The van der Waals surface area contributed by atoms with E-state index in [0.717, 1.165) is 0 Å². The molecule has 0 aromatic heterocycles. The molecule has 1 fully saturated rings. The number of hydrogen-bond acceptors (Lipinski definition) is 2. The summed E-state index contributed by atoms with van der Waals surface area (Å²) >= 11 is 5.41. The molecule has 1 saturated heterocycles. The number of nitrogens with one attached hydrogen (secondary N) is 2. The highest BCUT2D eigenvalue weighted by molar-refractivity contribution is 6.23. The van der Waals surface area contributed by atoms with Gasteiger partial charge in [-0.05, 0) is 0 Å². The minimum absolute atomic E-state index is 0.146. The highest BCUT2D eigenvalue weighted by Gasteiger charge is 2.20. The Bertz CT molecular complexity index is 143. The van der Waals surface area contributed by atoms with Crippen molar-refractivity contribution >= 4 is 23.5 Å². The maximum atomic E-state index is 10.4. The molecule has 0 aromatic rings. The van der Waals surface area contributed by atoms with E-state index in [2.05, 4.69) is 5.32 Å². The SMILES string of the molecule is O=C1CC(Cl)NC(=O)N1. The fraction of sp³-hybridized carbons (Fsp3) is 0.500. The molecular formula is C4H5ClN2O2. The molecule has 4 nitrogen and oxygen atoms in total. The zero-order valence-corrected chi connectivity index (χ0v) is 5.23. The van der Waals surface area contributed by atoms with Gasteiger partial charge < -0.3 is 5.32 Å². The molecule has 9 heavy (non-hydrogen) atoms. The average Bonchev–Trinajstić information content (AvgIpc) is 1.59. The minimum Gasteiger partial charge on any atom is -0.321 e. The van der Waals surface area contributed by atoms with Crippen molar-refractivity contribution in [1.82, 2.24) is 10.6 Å². The maximum Gasteiger partial charge on any atom is 0.322 e. The van der Waals surface area contributed by atoms with Gasteiger partial charge in [-0.3, -0.25) is 10.1 Å². The van der Waals surface area contributed by atoms with E-state index in [1.54, 1.807) is 0 Å². The molecule has 0 aliphatic carbocycles. The van der Waals surface area contributed by atoms with Crippen LogP contribution in [0.4, 0.5) is 4.79 Å². The van der Waals surface area contributed by atoms with Gasteiger partial charge in [0, 0.05) is 0 Å². The summed E-state index contributed by atoms with van der Waals surface area (Å²) in [5.41, 5.74) is -0.550. The average molecular weight is 149 g/mol. The van der Waals surface area contributed by atoms with Crippen LogP contribution in [0.25, 0.3) is 0 Å². The Balaban J connectivity index is 2.53. The van der Waals surface area contributed by atoms with Crippen LogP contribution < -0.4 is 10.6 Å². The predicted molar refractivity (Wildman–Crippen MR) is 30.9 cm³/mol. The third-order valence-electron chi connectivity index (χ3n) is 0.905. The maximum absolute atomic E-state index is 10.4. The van der Waals surface area contributed by atoms with E-state index >= 15 is 0 Å². The van der Waals surface area contributed by atoms with Gasteiger partial charge in [0.2, 0.25) is 5.91 Å². The molecule has 0 aromatic carbocycles. The monoisotopic (exact) mass is 148 g/mol. The summed E-state index contributed by atoms with van der Waals surface area (Å²) in [4.78, 5) is 20.8. The number of halogens is 1. The molecule has 0 radical (unpaired) electrons. The van der Waals surface area contributed by atoms with Crippen molar-refractivity contribution in [2.75, 3.05) is 0 Å². The van der Waals surface area contributed by atoms with Crippen molar-refractivity contribution in [3.8, 4) is 0 Å². The van der Waals surface area contributed by atoms with Gasteiger partial charge in [0.25, 0.3) is 0 Å². The lowest BCUT2D eigenvalue weighted by molar-refractivity contribution is -0.120. The van der Waals surface area contributed by atoms with Gasteiger partial charge in [-0.25, -0.2) is 4.79 Å². The number of carbonyl (C=O) groups excluding carboxylic acids is 2. The van der Waals surface area contributed by atoms with Crippen molar-refractivity contribution in [2.24, 2.45) is 0 Å². The fourth-order valence-corrected chi connectivity index (χ4v) is 0.809. The van der Waals surface area contributed by atoms with Gasteiger partial charge in [-0.1, -0.05) is 11.6 Å². The molecule has 1 heterocycles. The molecule has 50 valence electrons. The van der Waals surface area contributed by atoms with Crippen LogP contribution in [0.1, 0.15) is 6.42 Å². The first-order chi connectivity index (χ1) is 4.18. The summed E-state index contributed by atoms with van der Waals surface area (Å²) in [6, 6.07) is -0.522. The zero-order chi connectivity index (χ0) is 6.85. The molecular weight excluding hydrogens is 144 g/mol. The Morgan fingerprint density at radius 3 is 2.67 bits per heavy atom. The Kier molecular flexibility index (Phi) is 1.57. The van der Waals surface area contributed by atoms with E-state index in [-0.39, 0.29) is 12.3 Å². The first-order valence-corrected chi connectivity index (χ1v) is 2.86. The van der Waals surface area contributed by atoms with Gasteiger partial charge in [0.15, 0.2) is 0 Å². The highest BCUT2D eigenvalue weighted by atomic mass is 35.5. The van der Waals surface area contributed by atoms with E-state index in [1.807, 2.05) is 5.32 Å². The van der Waals surface area contributed by atoms with Crippen molar-refractivity contribution in [3.63, 3.8) is 0 Å². The molecule has 1 unspecified atom stereocenters. The topological polar surface area (TPSA) is 58.2 Å². The van der Waals surface area contributed by atoms with Gasteiger partial charge in [0.05, 0.1) is 6.42 Å². The molecule has 0 spiro atoms. The fourth-order valence-electron chi connectivity index (χ4n) is 0.570. The minimum atomic E-state index is -0.550. The third-order valence-corrected chi connectivity index (χ3v) is 1.17. The number of urea groups is 1. The van der Waals surface area contributed by atoms with Crippen LogP contribution in [-0.4, -0.2) is 17.4 Å². The van der Waals surface area contributed by atoms with Crippen molar-refractivity contribution < 1.29 is 9.59 Å². The second-order valence-electron chi connectivity index (χ2n) is 1.69. The molecule has 2 N–H and O–H groups in total. The summed E-state index contributed by atoms with van der Waals surface area (Å²) in [6.45, 7) is 0. The van der Waals surface area contributed by atoms with Crippen LogP contribution in [0.15, 0.2) is 0 Å². The zero-order valence-electron chi connectivity index (χ0n) is 4.48. The Labute approximate surface area is 56.6 Å². The van der Waals surface area contributed by atoms with Crippen molar-refractivity contribution in [1.29, 1.82) is 0 Å². The van der Waals surface area contributed by atoms with E-state index in [1.165, 1.54) is 0 Å². The van der Waals surface area contributed by atoms with Crippen LogP contribution in [-0.2, 0) is 4.79 Å². The van der Waals surface area contributed by atoms with Crippen LogP contribution in [0.5, 0.6) is 0 Å². The largest absolute Gasteiger partial charge is 0.322 e. The highest BCUT2D eigenvalue weighted by Crippen LogP contribution is 2.00. The summed E-state index contributed by atoms with van der Waals surface area (Å²) in [5.74, 6) is -0.334. The van der Waals surface area contributed by atoms with Crippen LogP contribution in [0.3, 0.4) is 0 Å². The molecule has 1 atom stereocenters. The first-order valence-electron chi connectivity index (χ1n) is 2.43. The Hall–Kier alpha value is -0.770. The van der Waals surface area contributed by atoms with Gasteiger partial charge >= 0.3 is 6.03 Å². The van der Waals surface area contributed by atoms with Crippen LogP contribution in [0, 0.1) is 0 Å². The third kappa shape index (κ3) is 1.57. The van der Waals surface area contributed by atoms with E-state index < -0.39 is 11.5 Å². The standard InChI is InChI=1S/C4H5ClN2O2/c5-2-1-3(8)7-4(9)6-2/h2H,1H2,(H2,6,7,8,9). The summed E-state index contributed by atoms with van der Waals surface area (Å²) in [7, 11) is 0. The number of hydrogen-bond donors (Lipinski definition) is 2. The lowest BCUT2D eigenvalue weighted by Gasteiger charge is -2.16. The lowest BCUT2D eigenvalue weighted by Crippen LogP contribution is -2.49. The van der Waals surface area contributed by atoms with Crippen molar-refractivity contribution in [2.45, 2.75) is 11.9 Å². The second-order valence-corrected chi connectivity index (χ2v) is 2.22. The molecule has 5 heteroatoms. The Morgan fingerprint density at radius 2 is 2.22 bits per heavy atom. The summed E-state index contributed by atoms with van der Waals surface area (Å²) < 4.78 is 0. The second kappa shape index (κ2) is 2.23. The molecule has 1 aliphatic rings. The first kappa shape index (κ1) is 6.35. The molecule has 1 rings (SSSR count). The van der Waals surface area contributed by atoms with E-state index in [9.17, 15) is 9.59 Å². The molecule has 0 bridgehead atoms.